The minimum Gasteiger partial charge on any atom is -0.477 e. The molecular formula is C18H20BrN3O5S. The number of aliphatic carboxylic acids is 1. The van der Waals surface area contributed by atoms with Crippen LogP contribution in [0, 0.1) is 5.92 Å². The molecule has 2 saturated heterocycles. The van der Waals surface area contributed by atoms with Crippen molar-refractivity contribution in [3.05, 3.63) is 22.4 Å². The van der Waals surface area contributed by atoms with E-state index in [9.17, 15) is 24.3 Å². The van der Waals surface area contributed by atoms with Crippen LogP contribution in [-0.4, -0.2) is 62.7 Å². The second-order valence-corrected chi connectivity index (χ2v) is 9.00. The molecule has 3 amide bonds. The van der Waals surface area contributed by atoms with Gasteiger partial charge in [0.15, 0.2) is 0 Å². The van der Waals surface area contributed by atoms with Crippen LogP contribution in [0.5, 0.6) is 0 Å². The third-order valence-electron chi connectivity index (χ3n) is 5.46. The van der Waals surface area contributed by atoms with Crippen molar-refractivity contribution in [1.82, 2.24) is 15.5 Å². The fourth-order valence-electron chi connectivity index (χ4n) is 3.91. The summed E-state index contributed by atoms with van der Waals surface area (Å²) in [6.45, 7) is 0.553. The summed E-state index contributed by atoms with van der Waals surface area (Å²) < 4.78 is 0. The van der Waals surface area contributed by atoms with Crippen molar-refractivity contribution in [2.45, 2.75) is 37.1 Å². The molecule has 0 aromatic rings. The molecule has 0 aromatic heterocycles. The first kappa shape index (κ1) is 19.5. The lowest BCUT2D eigenvalue weighted by Crippen LogP contribution is -2.70. The Bertz CT molecular complexity index is 835. The van der Waals surface area contributed by atoms with E-state index in [2.05, 4.69) is 26.6 Å². The number of carboxylic acids is 1. The van der Waals surface area contributed by atoms with Gasteiger partial charge >= 0.3 is 5.97 Å². The Hall–Kier alpha value is -1.81. The maximum atomic E-state index is 12.6. The molecule has 10 heteroatoms. The number of carbonyl (C=O) groups is 4. The van der Waals surface area contributed by atoms with E-state index in [1.165, 1.54) is 16.7 Å². The highest BCUT2D eigenvalue weighted by atomic mass is 79.9. The average molecular weight is 470 g/mol. The molecule has 3 N–H and O–H groups in total. The summed E-state index contributed by atoms with van der Waals surface area (Å²) in [4.78, 5) is 50.0. The quantitative estimate of drug-likeness (QED) is 0.300. The number of rotatable bonds is 6. The van der Waals surface area contributed by atoms with Gasteiger partial charge in [-0.1, -0.05) is 15.9 Å². The van der Waals surface area contributed by atoms with Gasteiger partial charge in [0.1, 0.15) is 17.1 Å². The van der Waals surface area contributed by atoms with Crippen LogP contribution in [0.4, 0.5) is 0 Å². The highest BCUT2D eigenvalue weighted by Gasteiger charge is 2.54. The van der Waals surface area contributed by atoms with E-state index in [0.29, 0.717) is 42.2 Å². The normalized spacial score (nSPS) is 28.5. The number of allylic oxidation sites excluding steroid dienone is 1. The third-order valence-corrected chi connectivity index (χ3v) is 7.25. The molecule has 8 nitrogen and oxygen atoms in total. The van der Waals surface area contributed by atoms with Crippen LogP contribution in [0.3, 0.4) is 0 Å². The molecule has 3 fully saturated rings. The fraction of sp³-hybridized carbons (Fsp3) is 0.556. The van der Waals surface area contributed by atoms with E-state index in [1.807, 2.05) is 0 Å². The van der Waals surface area contributed by atoms with Crippen LogP contribution in [0.25, 0.3) is 0 Å². The van der Waals surface area contributed by atoms with Crippen molar-refractivity contribution in [3.8, 4) is 0 Å². The van der Waals surface area contributed by atoms with Crippen molar-refractivity contribution in [1.29, 1.82) is 0 Å². The van der Waals surface area contributed by atoms with E-state index in [4.69, 9.17) is 0 Å². The molecule has 4 aliphatic rings. The molecule has 150 valence electrons. The van der Waals surface area contributed by atoms with Crippen LogP contribution < -0.4 is 10.6 Å². The number of β-lactam (4-membered cyclic amide) rings is 1. The Kier molecular flexibility index (Phi) is 5.26. The summed E-state index contributed by atoms with van der Waals surface area (Å²) in [5.74, 6) is -1.18. The monoisotopic (exact) mass is 469 g/mol. The van der Waals surface area contributed by atoms with E-state index < -0.39 is 23.3 Å². The van der Waals surface area contributed by atoms with Crippen molar-refractivity contribution in [2.75, 3.05) is 17.6 Å². The summed E-state index contributed by atoms with van der Waals surface area (Å²) in [7, 11) is 0. The van der Waals surface area contributed by atoms with E-state index >= 15 is 0 Å². The molecule has 3 heterocycles. The first-order chi connectivity index (χ1) is 13.4. The largest absolute Gasteiger partial charge is 0.477 e. The molecule has 0 aromatic carbocycles. The lowest BCUT2D eigenvalue weighted by molar-refractivity contribution is -0.150. The molecule has 0 spiro atoms. The molecular weight excluding hydrogens is 450 g/mol. The van der Waals surface area contributed by atoms with Gasteiger partial charge in [-0.15, -0.1) is 11.8 Å². The van der Waals surface area contributed by atoms with Gasteiger partial charge in [-0.25, -0.2) is 4.79 Å². The van der Waals surface area contributed by atoms with Crippen LogP contribution in [0.15, 0.2) is 22.4 Å². The smallest absolute Gasteiger partial charge is 0.352 e. The molecule has 3 aliphatic heterocycles. The van der Waals surface area contributed by atoms with Crippen molar-refractivity contribution in [2.24, 2.45) is 5.92 Å². The number of nitrogens with zero attached hydrogens (tertiary/aromatic N) is 1. The second kappa shape index (κ2) is 7.55. The first-order valence-electron chi connectivity index (χ1n) is 9.19. The van der Waals surface area contributed by atoms with Crippen molar-refractivity contribution < 1.29 is 24.3 Å². The van der Waals surface area contributed by atoms with Crippen LogP contribution >= 0.6 is 27.7 Å². The molecule has 1 aliphatic carbocycles. The zero-order valence-corrected chi connectivity index (χ0v) is 17.4. The lowest BCUT2D eigenvalue weighted by atomic mass is 9.91. The van der Waals surface area contributed by atoms with E-state index in [0.717, 1.165) is 18.4 Å². The van der Waals surface area contributed by atoms with Crippen LogP contribution in [0.2, 0.25) is 0 Å². The maximum Gasteiger partial charge on any atom is 0.352 e. The van der Waals surface area contributed by atoms with Crippen LogP contribution in [0.1, 0.15) is 25.7 Å². The number of nitrogens with one attached hydrogen (secondary N) is 2. The Balaban J connectivity index is 1.71. The summed E-state index contributed by atoms with van der Waals surface area (Å²) in [5, 5.41) is 15.0. The lowest BCUT2D eigenvalue weighted by Gasteiger charge is -2.49. The Labute approximate surface area is 174 Å². The number of hydrogen-bond acceptors (Lipinski definition) is 5. The molecule has 0 radical (unpaired) electrons. The van der Waals surface area contributed by atoms with Gasteiger partial charge < -0.3 is 15.7 Å². The number of carboxylic acid groups (broad SMARTS) is 1. The van der Waals surface area contributed by atoms with E-state index in [1.54, 1.807) is 0 Å². The minimum atomic E-state index is -1.17. The van der Waals surface area contributed by atoms with E-state index in [-0.39, 0.29) is 22.8 Å². The highest BCUT2D eigenvalue weighted by molar-refractivity contribution is 9.09. The molecule has 0 bridgehead atoms. The van der Waals surface area contributed by atoms with Gasteiger partial charge in [0, 0.05) is 17.9 Å². The summed E-state index contributed by atoms with van der Waals surface area (Å²) in [5.41, 5.74) is 1.98. The molecule has 0 unspecified atom stereocenters. The summed E-state index contributed by atoms with van der Waals surface area (Å²) in [6.07, 6.45) is 3.40. The molecule has 28 heavy (non-hydrogen) atoms. The highest BCUT2D eigenvalue weighted by Crippen LogP contribution is 2.46. The average Bonchev–Trinajstić information content (AvgIpc) is 3.41. The standard InChI is InChI=1S/C18H20BrN3O5S/c19-6-12(23)21-13-16(25)22-14(18(26)27)11(7-28-17(13)22)10(5-8-1-2-8)9-3-4-20-15(9)24/h8,13,17H,1-7H2,(H,20,24)(H,21,23)(H,26,27)/t13-,17-/m1/s1. The second-order valence-electron chi connectivity index (χ2n) is 7.33. The summed E-state index contributed by atoms with van der Waals surface area (Å²) >= 11 is 4.48. The van der Waals surface area contributed by atoms with Gasteiger partial charge in [0.05, 0.1) is 5.33 Å². The zero-order valence-electron chi connectivity index (χ0n) is 15.0. The number of halogens is 1. The Morgan fingerprint density at radius 2 is 2.07 bits per heavy atom. The minimum absolute atomic E-state index is 0.0408. The third kappa shape index (κ3) is 3.36. The van der Waals surface area contributed by atoms with Gasteiger partial charge in [-0.3, -0.25) is 19.3 Å². The number of thioether (sulfide) groups is 1. The number of amides is 3. The van der Waals surface area contributed by atoms with Gasteiger partial charge in [-0.2, -0.15) is 0 Å². The zero-order chi connectivity index (χ0) is 20.0. The van der Waals surface area contributed by atoms with Gasteiger partial charge in [0.25, 0.3) is 5.91 Å². The summed E-state index contributed by atoms with van der Waals surface area (Å²) in [6, 6.07) is -0.722. The van der Waals surface area contributed by atoms with Crippen molar-refractivity contribution >= 4 is 51.4 Å². The number of alkyl halides is 1. The topological polar surface area (TPSA) is 116 Å². The number of fused-ring (bicyclic) bond motifs is 1. The van der Waals surface area contributed by atoms with Crippen molar-refractivity contribution in [3.63, 3.8) is 0 Å². The Morgan fingerprint density at radius 3 is 2.64 bits per heavy atom. The SMILES string of the molecule is O=C(CBr)N[C@@H]1C(=O)N2C(C(=O)O)=C(C(CC3CC3)=C3CCNC3=O)CS[C@H]12. The molecule has 4 rings (SSSR count). The maximum absolute atomic E-state index is 12.6. The first-order valence-corrected chi connectivity index (χ1v) is 11.4. The Morgan fingerprint density at radius 1 is 1.32 bits per heavy atom. The number of hydrogen-bond donors (Lipinski definition) is 3. The fourth-order valence-corrected chi connectivity index (χ4v) is 5.46. The predicted molar refractivity (Wildman–Crippen MR) is 105 cm³/mol. The number of carbonyl (C=O) groups excluding carboxylic acids is 3. The predicted octanol–water partition coefficient (Wildman–Crippen LogP) is 0.736. The molecule has 1 saturated carbocycles. The van der Waals surface area contributed by atoms with Crippen LogP contribution in [-0.2, 0) is 19.2 Å². The molecule has 2 atom stereocenters. The van der Waals surface area contributed by atoms with Gasteiger partial charge in [-0.05, 0) is 42.7 Å². The van der Waals surface area contributed by atoms with Gasteiger partial charge in [0.2, 0.25) is 11.8 Å².